The third-order valence-electron chi connectivity index (χ3n) is 4.02. The van der Waals surface area contributed by atoms with Crippen LogP contribution in [0.4, 0.5) is 14.5 Å². The molecule has 6 heteroatoms. The van der Waals surface area contributed by atoms with Crippen LogP contribution >= 0.6 is 0 Å². The number of amidine groups is 1. The smallest absolute Gasteiger partial charge is 0.226 e. The van der Waals surface area contributed by atoms with Gasteiger partial charge in [-0.1, -0.05) is 12.1 Å². The normalized spacial score (nSPS) is 21.2. The van der Waals surface area contributed by atoms with Crippen LogP contribution in [0.3, 0.4) is 0 Å². The monoisotopic (exact) mass is 341 g/mol. The molecule has 0 radical (unpaired) electrons. The van der Waals surface area contributed by atoms with Crippen molar-refractivity contribution in [2.45, 2.75) is 19.3 Å². The highest BCUT2D eigenvalue weighted by molar-refractivity contribution is 6.13. The highest BCUT2D eigenvalue weighted by Crippen LogP contribution is 2.33. The minimum atomic E-state index is -0.369. The van der Waals surface area contributed by atoms with Gasteiger partial charge in [-0.15, -0.1) is 0 Å². The molecule has 1 saturated heterocycles. The van der Waals surface area contributed by atoms with Gasteiger partial charge in [-0.3, -0.25) is 4.79 Å². The molecule has 0 aliphatic carbocycles. The van der Waals surface area contributed by atoms with E-state index in [4.69, 9.17) is 5.73 Å². The molecule has 0 bridgehead atoms. The Bertz CT molecular complexity index is 851. The summed E-state index contributed by atoms with van der Waals surface area (Å²) in [6.07, 6.45) is 0.192. The Hall–Kier alpha value is -3.02. The summed E-state index contributed by atoms with van der Waals surface area (Å²) < 4.78 is 26.3. The largest absolute Gasteiger partial charge is 0.402 e. The second-order valence-electron chi connectivity index (χ2n) is 5.89. The predicted molar refractivity (Wildman–Crippen MR) is 92.3 cm³/mol. The molecular formula is C19H17F2N3O. The van der Waals surface area contributed by atoms with E-state index in [-0.39, 0.29) is 29.9 Å². The first-order valence-corrected chi connectivity index (χ1v) is 7.80. The Balaban J connectivity index is 2.05. The fraction of sp³-hybridized carbons (Fsp3) is 0.158. The summed E-state index contributed by atoms with van der Waals surface area (Å²) in [5.74, 6) is -0.915. The van der Waals surface area contributed by atoms with Crippen LogP contribution in [0.1, 0.15) is 24.8 Å². The molecule has 1 atom stereocenters. The van der Waals surface area contributed by atoms with Gasteiger partial charge in [0, 0.05) is 23.6 Å². The van der Waals surface area contributed by atoms with Gasteiger partial charge in [0.1, 0.15) is 17.5 Å². The summed E-state index contributed by atoms with van der Waals surface area (Å²) in [5, 5.41) is 2.73. The number of hydrogen-bond acceptors (Lipinski definition) is 3. The van der Waals surface area contributed by atoms with Crippen LogP contribution in [0.2, 0.25) is 0 Å². The summed E-state index contributed by atoms with van der Waals surface area (Å²) in [4.78, 5) is 16.6. The average Bonchev–Trinajstić information content (AvgIpc) is 2.57. The molecule has 128 valence electrons. The first-order chi connectivity index (χ1) is 11.9. The average molecular weight is 341 g/mol. The maximum Gasteiger partial charge on any atom is 0.226 e. The van der Waals surface area contributed by atoms with Crippen LogP contribution in [0.15, 0.2) is 64.8 Å². The van der Waals surface area contributed by atoms with Crippen LogP contribution in [0, 0.1) is 11.6 Å². The van der Waals surface area contributed by atoms with Crippen molar-refractivity contribution >= 4 is 17.4 Å². The van der Waals surface area contributed by atoms with Crippen LogP contribution in [-0.4, -0.2) is 11.7 Å². The fourth-order valence-electron chi connectivity index (χ4n) is 2.88. The molecule has 0 aromatic heterocycles. The number of hydrogen-bond donors (Lipinski definition) is 2. The third-order valence-corrected chi connectivity index (χ3v) is 4.02. The first-order valence-electron chi connectivity index (χ1n) is 7.80. The van der Waals surface area contributed by atoms with E-state index >= 15 is 0 Å². The lowest BCUT2D eigenvalue weighted by atomic mass is 9.83. The van der Waals surface area contributed by atoms with E-state index < -0.39 is 0 Å². The quantitative estimate of drug-likeness (QED) is 0.877. The third kappa shape index (κ3) is 3.74. The first kappa shape index (κ1) is 16.8. The number of halogens is 2. The number of carbonyl (C=O) groups excluding carboxylic acids is 1. The molecule has 0 unspecified atom stereocenters. The van der Waals surface area contributed by atoms with Crippen LogP contribution in [0.25, 0.3) is 0 Å². The van der Waals surface area contributed by atoms with Crippen molar-refractivity contribution in [1.29, 1.82) is 0 Å². The van der Waals surface area contributed by atoms with Gasteiger partial charge in [0.25, 0.3) is 0 Å². The van der Waals surface area contributed by atoms with Gasteiger partial charge in [0.15, 0.2) is 0 Å². The van der Waals surface area contributed by atoms with Gasteiger partial charge < -0.3 is 11.1 Å². The maximum absolute atomic E-state index is 13.2. The summed E-state index contributed by atoms with van der Waals surface area (Å²) in [7, 11) is 0. The fourth-order valence-corrected chi connectivity index (χ4v) is 2.88. The molecule has 2 aromatic rings. The van der Waals surface area contributed by atoms with Gasteiger partial charge in [-0.05, 0) is 48.9 Å². The number of nitrogens with zero attached hydrogens (tertiary/aromatic N) is 1. The lowest BCUT2D eigenvalue weighted by molar-refractivity contribution is -0.120. The molecule has 4 nitrogen and oxygen atoms in total. The number of allylic oxidation sites excluding steroid dienone is 1. The van der Waals surface area contributed by atoms with E-state index in [2.05, 4.69) is 10.3 Å². The van der Waals surface area contributed by atoms with Gasteiger partial charge >= 0.3 is 0 Å². The van der Waals surface area contributed by atoms with Crippen LogP contribution < -0.4 is 11.1 Å². The predicted octanol–water partition coefficient (Wildman–Crippen LogP) is 3.53. The number of benzene rings is 2. The Kier molecular flexibility index (Phi) is 4.61. The summed E-state index contributed by atoms with van der Waals surface area (Å²) in [6, 6.07) is 11.6. The molecule has 1 aliphatic rings. The molecule has 0 spiro atoms. The zero-order chi connectivity index (χ0) is 18.0. The van der Waals surface area contributed by atoms with Crippen molar-refractivity contribution in [3.8, 4) is 0 Å². The van der Waals surface area contributed by atoms with Crippen molar-refractivity contribution in [2.24, 2.45) is 10.7 Å². The molecule has 1 fully saturated rings. The topological polar surface area (TPSA) is 67.5 Å². The number of rotatable bonds is 2. The van der Waals surface area contributed by atoms with Crippen molar-refractivity contribution < 1.29 is 13.6 Å². The second kappa shape index (κ2) is 6.84. The standard InChI is InChI=1S/C19H17F2N3O/c1-11(22)18-16(12-2-4-13(20)5-3-12)10-17(25)24-19(18)23-15-8-6-14(21)7-9-15/h2-9,16H,10,22H2,1H3,(H,23,24,25)/t16-/m0/s1. The van der Waals surface area contributed by atoms with E-state index in [1.165, 1.54) is 36.4 Å². The minimum Gasteiger partial charge on any atom is -0.402 e. The van der Waals surface area contributed by atoms with E-state index in [1.807, 2.05) is 0 Å². The number of nitrogens with two attached hydrogens (primary N) is 1. The van der Waals surface area contributed by atoms with Crippen molar-refractivity contribution in [3.63, 3.8) is 0 Å². The van der Waals surface area contributed by atoms with Gasteiger partial charge in [0.2, 0.25) is 5.91 Å². The summed E-state index contributed by atoms with van der Waals surface area (Å²) in [6.45, 7) is 1.73. The number of piperidine rings is 1. The number of amides is 1. The van der Waals surface area contributed by atoms with Gasteiger partial charge in [-0.2, -0.15) is 0 Å². The molecular weight excluding hydrogens is 324 g/mol. The Labute approximate surface area is 144 Å². The lowest BCUT2D eigenvalue weighted by Crippen LogP contribution is -2.41. The second-order valence-corrected chi connectivity index (χ2v) is 5.89. The maximum atomic E-state index is 13.2. The van der Waals surface area contributed by atoms with E-state index in [9.17, 15) is 13.6 Å². The Morgan fingerprint density at radius 3 is 2.20 bits per heavy atom. The number of carbonyl (C=O) groups is 1. The van der Waals surface area contributed by atoms with E-state index in [0.717, 1.165) is 5.56 Å². The molecule has 25 heavy (non-hydrogen) atoms. The molecule has 2 aromatic carbocycles. The van der Waals surface area contributed by atoms with Crippen molar-refractivity contribution in [3.05, 3.63) is 77.0 Å². The number of nitrogens with one attached hydrogen (secondary N) is 1. The lowest BCUT2D eigenvalue weighted by Gasteiger charge is -2.28. The molecule has 1 heterocycles. The highest BCUT2D eigenvalue weighted by Gasteiger charge is 2.31. The van der Waals surface area contributed by atoms with Gasteiger partial charge in [-0.25, -0.2) is 13.8 Å². The molecule has 3 rings (SSSR count). The zero-order valence-electron chi connectivity index (χ0n) is 13.6. The Morgan fingerprint density at radius 1 is 1.08 bits per heavy atom. The van der Waals surface area contributed by atoms with E-state index in [1.54, 1.807) is 19.1 Å². The summed E-state index contributed by atoms with van der Waals surface area (Å²) >= 11 is 0. The SMILES string of the molecule is CC(N)=C1C(=Nc2ccc(F)cc2)NC(=O)C[C@H]1c1ccc(F)cc1. The highest BCUT2D eigenvalue weighted by atomic mass is 19.1. The zero-order valence-corrected chi connectivity index (χ0v) is 13.6. The van der Waals surface area contributed by atoms with Crippen molar-refractivity contribution in [1.82, 2.24) is 5.32 Å². The van der Waals surface area contributed by atoms with Crippen molar-refractivity contribution in [2.75, 3.05) is 0 Å². The Morgan fingerprint density at radius 2 is 1.64 bits per heavy atom. The molecule has 3 N–H and O–H groups in total. The molecule has 1 aliphatic heterocycles. The van der Waals surface area contributed by atoms with Crippen LogP contribution in [-0.2, 0) is 4.79 Å². The van der Waals surface area contributed by atoms with Crippen LogP contribution in [0.5, 0.6) is 0 Å². The summed E-state index contributed by atoms with van der Waals surface area (Å²) in [5.41, 5.74) is 8.51. The minimum absolute atomic E-state index is 0.192. The molecule has 0 saturated carbocycles. The number of aliphatic imine (C=N–C) groups is 1. The van der Waals surface area contributed by atoms with Gasteiger partial charge in [0.05, 0.1) is 5.69 Å². The molecule has 1 amide bonds. The van der Waals surface area contributed by atoms with E-state index in [0.29, 0.717) is 22.8 Å².